The summed E-state index contributed by atoms with van der Waals surface area (Å²) in [4.78, 5) is 27.1. The number of para-hydroxylation sites is 2. The van der Waals surface area contributed by atoms with E-state index < -0.39 is 10.0 Å². The number of aromatic nitrogens is 4. The number of nitrogens with one attached hydrogen (secondary N) is 2. The fourth-order valence-corrected chi connectivity index (χ4v) is 4.38. The summed E-state index contributed by atoms with van der Waals surface area (Å²) < 4.78 is 35.2. The normalized spacial score (nSPS) is 11.3. The molecule has 36 heavy (non-hydrogen) atoms. The summed E-state index contributed by atoms with van der Waals surface area (Å²) in [5.41, 5.74) is 1.73. The second-order valence-electron chi connectivity index (χ2n) is 7.92. The molecule has 4 aromatic rings. The fraction of sp³-hybridized carbons (Fsp3) is 0.217. The number of hydrogen-bond acceptors (Lipinski definition) is 9. The third-order valence-electron chi connectivity index (χ3n) is 5.19. The second kappa shape index (κ2) is 10.2. The molecule has 0 aliphatic heterocycles. The number of amides is 1. The average Bonchev–Trinajstić information content (AvgIpc) is 3.31. The molecule has 0 unspecified atom stereocenters. The van der Waals surface area contributed by atoms with Crippen molar-refractivity contribution >= 4 is 44.3 Å². The number of aliphatic hydroxyl groups is 1. The molecule has 2 aromatic heterocycles. The Morgan fingerprint density at radius 2 is 1.83 bits per heavy atom. The number of ether oxygens (including phenoxy) is 1. The number of carbonyl (C=O) groups excluding carboxylic acids is 1. The van der Waals surface area contributed by atoms with Gasteiger partial charge in [-0.25, -0.2) is 15.0 Å². The Morgan fingerprint density at radius 3 is 2.44 bits per heavy atom. The van der Waals surface area contributed by atoms with E-state index in [4.69, 9.17) is 9.84 Å². The molecule has 0 fully saturated rings. The van der Waals surface area contributed by atoms with Gasteiger partial charge in [-0.1, -0.05) is 12.1 Å². The predicted octanol–water partition coefficient (Wildman–Crippen LogP) is 1.98. The van der Waals surface area contributed by atoms with Gasteiger partial charge in [-0.15, -0.1) is 0 Å². The van der Waals surface area contributed by atoms with Crippen LogP contribution in [0, 0.1) is 0 Å². The smallest absolute Gasteiger partial charge is 0.282 e. The molecule has 1 amide bonds. The maximum absolute atomic E-state index is 13.0. The molecule has 0 radical (unpaired) electrons. The maximum atomic E-state index is 13.0. The third-order valence-corrected chi connectivity index (χ3v) is 6.42. The molecule has 2 aromatic carbocycles. The minimum Gasteiger partial charge on any atom is -0.497 e. The molecule has 13 heteroatoms. The minimum atomic E-state index is -4.06. The summed E-state index contributed by atoms with van der Waals surface area (Å²) in [6.45, 7) is -0.0157. The average molecular weight is 512 g/mol. The van der Waals surface area contributed by atoms with Gasteiger partial charge in [-0.05, 0) is 24.3 Å². The summed E-state index contributed by atoms with van der Waals surface area (Å²) in [7, 11) is 0.639. The van der Waals surface area contributed by atoms with Crippen molar-refractivity contribution in [1.29, 1.82) is 0 Å². The SMILES string of the molecule is COc1cc(Nc2nc3ccccc3nc2NS(=O)(=O)c2cn(C)cn2)cc(C(=O)N(C)CCO)c1. The van der Waals surface area contributed by atoms with Crippen LogP contribution in [0.3, 0.4) is 0 Å². The molecule has 0 aliphatic rings. The molecule has 12 nitrogen and oxygen atoms in total. The lowest BCUT2D eigenvalue weighted by atomic mass is 10.1. The number of carbonyl (C=O) groups is 1. The van der Waals surface area contributed by atoms with Crippen LogP contribution in [0.15, 0.2) is 60.0 Å². The largest absolute Gasteiger partial charge is 0.497 e. The molecular formula is C23H25N7O5S. The van der Waals surface area contributed by atoms with Crippen molar-refractivity contribution in [2.24, 2.45) is 7.05 Å². The van der Waals surface area contributed by atoms with Crippen LogP contribution in [-0.4, -0.2) is 71.2 Å². The zero-order chi connectivity index (χ0) is 25.9. The maximum Gasteiger partial charge on any atom is 0.282 e. The van der Waals surface area contributed by atoms with Crippen molar-refractivity contribution in [2.75, 3.05) is 37.3 Å². The number of aryl methyl sites for hydroxylation is 1. The minimum absolute atomic E-state index is 0.0487. The van der Waals surface area contributed by atoms with Gasteiger partial charge in [0.1, 0.15) is 5.75 Å². The molecule has 0 aliphatic carbocycles. The van der Waals surface area contributed by atoms with Gasteiger partial charge in [0, 0.05) is 44.2 Å². The number of anilines is 3. The van der Waals surface area contributed by atoms with Crippen LogP contribution in [0.5, 0.6) is 5.75 Å². The fourth-order valence-electron chi connectivity index (χ4n) is 3.39. The summed E-state index contributed by atoms with van der Waals surface area (Å²) in [5.74, 6) is 0.132. The highest BCUT2D eigenvalue weighted by Crippen LogP contribution is 2.29. The van der Waals surface area contributed by atoms with Crippen molar-refractivity contribution in [1.82, 2.24) is 24.4 Å². The van der Waals surface area contributed by atoms with Crippen molar-refractivity contribution in [2.45, 2.75) is 5.03 Å². The van der Waals surface area contributed by atoms with E-state index in [1.807, 2.05) is 0 Å². The first-order chi connectivity index (χ1) is 17.2. The van der Waals surface area contributed by atoms with Crippen LogP contribution < -0.4 is 14.8 Å². The Hall–Kier alpha value is -4.23. The Labute approximate surface area is 207 Å². The van der Waals surface area contributed by atoms with Crippen molar-refractivity contribution in [3.63, 3.8) is 0 Å². The Balaban J connectivity index is 1.76. The molecule has 0 spiro atoms. The molecule has 0 saturated heterocycles. The number of rotatable bonds is 9. The zero-order valence-electron chi connectivity index (χ0n) is 19.8. The monoisotopic (exact) mass is 511 g/mol. The Kier molecular flexibility index (Phi) is 7.03. The van der Waals surface area contributed by atoms with E-state index in [9.17, 15) is 13.2 Å². The lowest BCUT2D eigenvalue weighted by Gasteiger charge is -2.18. The molecular weight excluding hydrogens is 486 g/mol. The topological polar surface area (TPSA) is 152 Å². The number of aliphatic hydroxyl groups excluding tert-OH is 1. The number of nitrogens with zero attached hydrogens (tertiary/aromatic N) is 5. The highest BCUT2D eigenvalue weighted by molar-refractivity contribution is 7.92. The van der Waals surface area contributed by atoms with E-state index in [1.54, 1.807) is 56.6 Å². The zero-order valence-corrected chi connectivity index (χ0v) is 20.7. The van der Waals surface area contributed by atoms with Crippen LogP contribution in [0.2, 0.25) is 0 Å². The van der Waals surface area contributed by atoms with Crippen molar-refractivity contribution in [3.05, 3.63) is 60.6 Å². The van der Waals surface area contributed by atoms with E-state index in [0.29, 0.717) is 28.0 Å². The van der Waals surface area contributed by atoms with Gasteiger partial charge in [-0.2, -0.15) is 8.42 Å². The number of methoxy groups -OCH3 is 1. The number of sulfonamides is 1. The van der Waals surface area contributed by atoms with E-state index in [0.717, 1.165) is 0 Å². The van der Waals surface area contributed by atoms with Gasteiger partial charge in [0.05, 0.1) is 31.1 Å². The van der Waals surface area contributed by atoms with Crippen LogP contribution in [-0.2, 0) is 17.1 Å². The standard InChI is InChI=1S/C23H25N7O5S/c1-29-13-20(24-14-29)36(33,34)28-22-21(26-18-6-4-5-7-19(18)27-22)25-16-10-15(11-17(12-16)35-3)23(32)30(2)8-9-31/h4-7,10-14,31H,8-9H2,1-3H3,(H,25,26)(H,27,28). The van der Waals surface area contributed by atoms with E-state index in [1.165, 1.54) is 29.1 Å². The Bertz CT molecular complexity index is 1520. The van der Waals surface area contributed by atoms with Crippen LogP contribution in [0.1, 0.15) is 10.4 Å². The van der Waals surface area contributed by atoms with Gasteiger partial charge >= 0.3 is 0 Å². The molecule has 4 rings (SSSR count). The van der Waals surface area contributed by atoms with Gasteiger partial charge < -0.3 is 24.6 Å². The van der Waals surface area contributed by atoms with E-state index in [2.05, 4.69) is 25.0 Å². The van der Waals surface area contributed by atoms with Crippen LogP contribution in [0.4, 0.5) is 17.3 Å². The number of imidazole rings is 1. The van der Waals surface area contributed by atoms with E-state index >= 15 is 0 Å². The number of hydrogen-bond donors (Lipinski definition) is 3. The number of benzene rings is 2. The molecule has 3 N–H and O–H groups in total. The van der Waals surface area contributed by atoms with Gasteiger partial charge in [0.2, 0.25) is 0 Å². The highest BCUT2D eigenvalue weighted by atomic mass is 32.2. The van der Waals surface area contributed by atoms with Crippen molar-refractivity contribution < 1.29 is 23.1 Å². The summed E-state index contributed by atoms with van der Waals surface area (Å²) in [6.07, 6.45) is 2.75. The first-order valence-electron chi connectivity index (χ1n) is 10.8. The molecule has 0 atom stereocenters. The highest BCUT2D eigenvalue weighted by Gasteiger charge is 2.22. The summed E-state index contributed by atoms with van der Waals surface area (Å²) >= 11 is 0. The quantitative estimate of drug-likeness (QED) is 0.306. The summed E-state index contributed by atoms with van der Waals surface area (Å²) in [5, 5.41) is 12.1. The van der Waals surface area contributed by atoms with Crippen LogP contribution in [0.25, 0.3) is 11.0 Å². The first-order valence-corrected chi connectivity index (χ1v) is 12.3. The van der Waals surface area contributed by atoms with Gasteiger partial charge in [0.15, 0.2) is 16.7 Å². The lowest BCUT2D eigenvalue weighted by molar-refractivity contribution is 0.0766. The lowest BCUT2D eigenvalue weighted by Crippen LogP contribution is -2.29. The second-order valence-corrected chi connectivity index (χ2v) is 9.55. The Morgan fingerprint density at radius 1 is 1.14 bits per heavy atom. The third kappa shape index (κ3) is 5.37. The predicted molar refractivity (Wildman–Crippen MR) is 134 cm³/mol. The molecule has 0 saturated carbocycles. The molecule has 2 heterocycles. The molecule has 188 valence electrons. The van der Waals surface area contributed by atoms with Crippen LogP contribution >= 0.6 is 0 Å². The summed E-state index contributed by atoms with van der Waals surface area (Å²) in [6, 6.07) is 11.8. The number of likely N-dealkylation sites (N-methyl/N-ethyl adjacent to an activating group) is 1. The van der Waals surface area contributed by atoms with Gasteiger partial charge in [0.25, 0.3) is 15.9 Å². The molecule has 0 bridgehead atoms. The van der Waals surface area contributed by atoms with Gasteiger partial charge in [-0.3, -0.25) is 9.52 Å². The first kappa shape index (κ1) is 24.9. The van der Waals surface area contributed by atoms with Crippen molar-refractivity contribution in [3.8, 4) is 5.75 Å². The van der Waals surface area contributed by atoms with E-state index in [-0.39, 0.29) is 35.7 Å². The number of fused-ring (bicyclic) bond motifs is 1.